The standard InChI is InChI=1S/C20H29N3O2S/c24-19(21-11-10-16-6-2-1-3-7-16)17-8-4-12-23(15-17)20(25)22-14-18-9-5-13-26-18/h5-6,9,13,17H,1-4,7-8,10-12,14-15H2,(H,21,24)(H,22,25). The molecule has 1 saturated heterocycles. The molecule has 2 N–H and O–H groups in total. The number of rotatable bonds is 6. The molecule has 6 heteroatoms. The number of nitrogens with zero attached hydrogens (tertiary/aromatic N) is 1. The minimum atomic E-state index is -0.0865. The van der Waals surface area contributed by atoms with Crippen molar-refractivity contribution in [1.82, 2.24) is 15.5 Å². The van der Waals surface area contributed by atoms with Gasteiger partial charge in [-0.2, -0.15) is 0 Å². The molecule has 1 aromatic heterocycles. The highest BCUT2D eigenvalue weighted by Crippen LogP contribution is 2.20. The number of nitrogens with one attached hydrogen (secondary N) is 2. The van der Waals surface area contributed by atoms with Crippen molar-refractivity contribution in [1.29, 1.82) is 0 Å². The maximum Gasteiger partial charge on any atom is 0.317 e. The highest BCUT2D eigenvalue weighted by molar-refractivity contribution is 7.09. The van der Waals surface area contributed by atoms with E-state index in [2.05, 4.69) is 16.7 Å². The first-order valence-electron chi connectivity index (χ1n) is 9.73. The van der Waals surface area contributed by atoms with Crippen LogP contribution >= 0.6 is 11.3 Å². The molecule has 1 atom stereocenters. The first-order chi connectivity index (χ1) is 12.7. The summed E-state index contributed by atoms with van der Waals surface area (Å²) in [5.74, 6) is 0.00809. The quantitative estimate of drug-likeness (QED) is 0.745. The van der Waals surface area contributed by atoms with Gasteiger partial charge in [0.25, 0.3) is 0 Å². The van der Waals surface area contributed by atoms with Crippen molar-refractivity contribution in [3.63, 3.8) is 0 Å². The van der Waals surface area contributed by atoms with Gasteiger partial charge in [0.2, 0.25) is 5.91 Å². The molecule has 142 valence electrons. The zero-order valence-electron chi connectivity index (χ0n) is 15.3. The normalized spacial score (nSPS) is 20.4. The van der Waals surface area contributed by atoms with Crippen LogP contribution in [0.4, 0.5) is 4.79 Å². The summed E-state index contributed by atoms with van der Waals surface area (Å²) >= 11 is 1.64. The third kappa shape index (κ3) is 5.59. The smallest absolute Gasteiger partial charge is 0.317 e. The lowest BCUT2D eigenvalue weighted by Crippen LogP contribution is -2.48. The molecule has 3 amide bonds. The summed E-state index contributed by atoms with van der Waals surface area (Å²) in [7, 11) is 0. The Balaban J connectivity index is 1.39. The predicted octanol–water partition coefficient (Wildman–Crippen LogP) is 3.68. The fraction of sp³-hybridized carbons (Fsp3) is 0.600. The summed E-state index contributed by atoms with van der Waals surface area (Å²) in [6, 6.07) is 3.93. The van der Waals surface area contributed by atoms with Gasteiger partial charge in [-0.3, -0.25) is 4.79 Å². The number of carbonyl (C=O) groups excluding carboxylic acids is 2. The molecule has 26 heavy (non-hydrogen) atoms. The van der Waals surface area contributed by atoms with Gasteiger partial charge in [-0.15, -0.1) is 11.3 Å². The number of amides is 3. The predicted molar refractivity (Wildman–Crippen MR) is 105 cm³/mol. The second-order valence-corrected chi connectivity index (χ2v) is 8.20. The molecule has 5 nitrogen and oxygen atoms in total. The van der Waals surface area contributed by atoms with E-state index in [9.17, 15) is 9.59 Å². The second kappa shape index (κ2) is 9.76. The van der Waals surface area contributed by atoms with Crippen molar-refractivity contribution in [2.45, 2.75) is 51.5 Å². The number of hydrogen-bond donors (Lipinski definition) is 2. The summed E-state index contributed by atoms with van der Waals surface area (Å²) in [6.07, 6.45) is 9.97. The van der Waals surface area contributed by atoms with Crippen molar-refractivity contribution in [3.05, 3.63) is 34.0 Å². The molecule has 1 fully saturated rings. The van der Waals surface area contributed by atoms with Crippen molar-refractivity contribution in [2.75, 3.05) is 19.6 Å². The maximum atomic E-state index is 12.5. The summed E-state index contributed by atoms with van der Waals surface area (Å²) in [4.78, 5) is 27.8. The van der Waals surface area contributed by atoms with Crippen molar-refractivity contribution in [3.8, 4) is 0 Å². The third-order valence-corrected chi connectivity index (χ3v) is 6.08. The van der Waals surface area contributed by atoms with E-state index in [-0.39, 0.29) is 17.9 Å². The average molecular weight is 376 g/mol. The summed E-state index contributed by atoms with van der Waals surface area (Å²) in [5.41, 5.74) is 1.48. The molecule has 2 aliphatic rings. The van der Waals surface area contributed by atoms with E-state index in [0.29, 0.717) is 19.6 Å². The Morgan fingerprint density at radius 3 is 2.92 bits per heavy atom. The van der Waals surface area contributed by atoms with E-state index in [1.165, 1.54) is 31.3 Å². The molecule has 0 aromatic carbocycles. The highest BCUT2D eigenvalue weighted by Gasteiger charge is 2.28. The molecule has 0 saturated carbocycles. The fourth-order valence-corrected chi connectivity index (χ4v) is 4.33. The van der Waals surface area contributed by atoms with E-state index in [4.69, 9.17) is 0 Å². The van der Waals surface area contributed by atoms with Gasteiger partial charge in [0.15, 0.2) is 0 Å². The largest absolute Gasteiger partial charge is 0.355 e. The number of piperidine rings is 1. The molecule has 0 bridgehead atoms. The number of hydrogen-bond acceptors (Lipinski definition) is 3. The number of thiophene rings is 1. The first-order valence-corrected chi connectivity index (χ1v) is 10.6. The zero-order valence-corrected chi connectivity index (χ0v) is 16.2. The van der Waals surface area contributed by atoms with Crippen LogP contribution in [0.5, 0.6) is 0 Å². The Morgan fingerprint density at radius 1 is 1.23 bits per heavy atom. The lowest BCUT2D eigenvalue weighted by molar-refractivity contribution is -0.126. The van der Waals surface area contributed by atoms with Crippen LogP contribution in [0.25, 0.3) is 0 Å². The molecule has 2 heterocycles. The Kier molecular flexibility index (Phi) is 7.12. The van der Waals surface area contributed by atoms with Crippen LogP contribution in [0, 0.1) is 5.92 Å². The molecule has 3 rings (SSSR count). The average Bonchev–Trinajstić information content (AvgIpc) is 3.20. The van der Waals surface area contributed by atoms with Crippen molar-refractivity contribution in [2.24, 2.45) is 5.92 Å². The minimum Gasteiger partial charge on any atom is -0.355 e. The molecule has 1 aliphatic heterocycles. The van der Waals surface area contributed by atoms with Crippen LogP contribution in [-0.2, 0) is 11.3 Å². The topological polar surface area (TPSA) is 61.4 Å². The van der Waals surface area contributed by atoms with E-state index in [1.807, 2.05) is 17.5 Å². The molecule has 1 aliphatic carbocycles. The Morgan fingerprint density at radius 2 is 2.15 bits per heavy atom. The van der Waals surface area contributed by atoms with Crippen LogP contribution in [0.15, 0.2) is 29.2 Å². The van der Waals surface area contributed by atoms with Gasteiger partial charge >= 0.3 is 6.03 Å². The van der Waals surface area contributed by atoms with Crippen LogP contribution < -0.4 is 10.6 Å². The van der Waals surface area contributed by atoms with E-state index >= 15 is 0 Å². The lowest BCUT2D eigenvalue weighted by atomic mass is 9.96. The number of likely N-dealkylation sites (tertiary alicyclic amines) is 1. The van der Waals surface area contributed by atoms with Gasteiger partial charge in [0.05, 0.1) is 12.5 Å². The van der Waals surface area contributed by atoms with E-state index in [0.717, 1.165) is 30.7 Å². The van der Waals surface area contributed by atoms with Gasteiger partial charge in [-0.05, 0) is 56.4 Å². The second-order valence-electron chi connectivity index (χ2n) is 7.17. The monoisotopic (exact) mass is 375 g/mol. The fourth-order valence-electron chi connectivity index (χ4n) is 3.69. The first kappa shape index (κ1) is 19.0. The van der Waals surface area contributed by atoms with Crippen molar-refractivity contribution >= 4 is 23.3 Å². The molecule has 1 aromatic rings. The molecule has 0 spiro atoms. The van der Waals surface area contributed by atoms with Gasteiger partial charge in [0.1, 0.15) is 0 Å². The molecule has 1 unspecified atom stereocenters. The number of urea groups is 1. The van der Waals surface area contributed by atoms with Crippen molar-refractivity contribution < 1.29 is 9.59 Å². The lowest BCUT2D eigenvalue weighted by Gasteiger charge is -2.32. The van der Waals surface area contributed by atoms with E-state index in [1.54, 1.807) is 16.2 Å². The minimum absolute atomic E-state index is 0.0664. The summed E-state index contributed by atoms with van der Waals surface area (Å²) < 4.78 is 0. The van der Waals surface area contributed by atoms with Crippen LogP contribution in [0.1, 0.15) is 49.8 Å². The molecular weight excluding hydrogens is 346 g/mol. The SMILES string of the molecule is O=C(NCCC1=CCCCC1)C1CCCN(C(=O)NCc2cccs2)C1. The van der Waals surface area contributed by atoms with Crippen LogP contribution in [0.3, 0.4) is 0 Å². The Bertz CT molecular complexity index is 627. The van der Waals surface area contributed by atoms with Gasteiger partial charge in [-0.1, -0.05) is 17.7 Å². The van der Waals surface area contributed by atoms with Crippen LogP contribution in [-0.4, -0.2) is 36.5 Å². The van der Waals surface area contributed by atoms with E-state index < -0.39 is 0 Å². The highest BCUT2D eigenvalue weighted by atomic mass is 32.1. The molecular formula is C20H29N3O2S. The zero-order chi connectivity index (χ0) is 18.2. The number of carbonyl (C=O) groups is 2. The van der Waals surface area contributed by atoms with Gasteiger partial charge < -0.3 is 15.5 Å². The van der Waals surface area contributed by atoms with Gasteiger partial charge in [-0.25, -0.2) is 4.79 Å². The third-order valence-electron chi connectivity index (χ3n) is 5.20. The molecule has 0 radical (unpaired) electrons. The Labute approximate surface area is 159 Å². The van der Waals surface area contributed by atoms with Crippen LogP contribution in [0.2, 0.25) is 0 Å². The Hall–Kier alpha value is -1.82. The van der Waals surface area contributed by atoms with Gasteiger partial charge in [0, 0.05) is 24.5 Å². The number of allylic oxidation sites excluding steroid dienone is 1. The summed E-state index contributed by atoms with van der Waals surface area (Å²) in [5, 5.41) is 8.04. The maximum absolute atomic E-state index is 12.5. The summed E-state index contributed by atoms with van der Waals surface area (Å²) in [6.45, 7) is 2.52.